The normalized spacial score (nSPS) is 26.6. The van der Waals surface area contributed by atoms with Gasteiger partial charge in [0.25, 0.3) is 5.56 Å². The molecule has 1 aromatic carbocycles. The van der Waals surface area contributed by atoms with Crippen molar-refractivity contribution in [1.82, 2.24) is 14.6 Å². The smallest absolute Gasteiger partial charge is 0.487 e. The molecule has 1 spiro atoms. The Labute approximate surface area is 199 Å². The number of hydrogen-bond donors (Lipinski definition) is 3. The minimum atomic E-state index is -2.48. The highest BCUT2D eigenvalue weighted by atomic mass is 31.1. The van der Waals surface area contributed by atoms with E-state index in [-0.39, 0.29) is 18.1 Å². The molecule has 2 aliphatic rings. The Morgan fingerprint density at radius 3 is 2.69 bits per heavy atom. The van der Waals surface area contributed by atoms with Crippen LogP contribution in [0.3, 0.4) is 0 Å². The van der Waals surface area contributed by atoms with Crippen LogP contribution in [0.25, 0.3) is 0 Å². The van der Waals surface area contributed by atoms with E-state index in [1.54, 1.807) is 18.2 Å². The van der Waals surface area contributed by atoms with Crippen molar-refractivity contribution in [2.24, 2.45) is 0 Å². The van der Waals surface area contributed by atoms with Crippen LogP contribution in [-0.2, 0) is 23.6 Å². The zero-order valence-electron chi connectivity index (χ0n) is 18.9. The van der Waals surface area contributed by atoms with Crippen molar-refractivity contribution in [3.63, 3.8) is 0 Å². The lowest BCUT2D eigenvalue weighted by atomic mass is 9.86. The van der Waals surface area contributed by atoms with Gasteiger partial charge in [-0.1, -0.05) is 17.2 Å². The van der Waals surface area contributed by atoms with Crippen molar-refractivity contribution in [2.45, 2.75) is 43.4 Å². The van der Waals surface area contributed by atoms with E-state index >= 15 is 0 Å². The number of nitrogens with one attached hydrogen (secondary N) is 2. The number of benzene rings is 1. The maximum Gasteiger partial charge on any atom is 0.664 e. The Kier molecular flexibility index (Phi) is 7.33. The molecule has 1 aromatic heterocycles. The van der Waals surface area contributed by atoms with Crippen LogP contribution >= 0.6 is 8.18 Å². The van der Waals surface area contributed by atoms with E-state index < -0.39 is 55.5 Å². The number of para-hydroxylation sites is 2. The quantitative estimate of drug-likeness (QED) is 0.312. The van der Waals surface area contributed by atoms with E-state index in [1.807, 2.05) is 0 Å². The molecular weight excluding hydrogens is 485 g/mol. The molecule has 13 nitrogen and oxygen atoms in total. The maximum absolute atomic E-state index is 12.3. The molecule has 2 aromatic rings. The summed E-state index contributed by atoms with van der Waals surface area (Å²) in [4.78, 5) is 37.4. The first-order valence-corrected chi connectivity index (χ1v) is 11.9. The summed E-state index contributed by atoms with van der Waals surface area (Å²) < 4.78 is 40.9. The third-order valence-electron chi connectivity index (χ3n) is 5.83. The summed E-state index contributed by atoms with van der Waals surface area (Å²) in [6.07, 6.45) is -1.28. The summed E-state index contributed by atoms with van der Waals surface area (Å²) in [5, 5.41) is 13.4. The van der Waals surface area contributed by atoms with Crippen LogP contribution in [0.2, 0.25) is 0 Å². The van der Waals surface area contributed by atoms with E-state index in [4.69, 9.17) is 18.7 Å². The van der Waals surface area contributed by atoms with Gasteiger partial charge < -0.3 is 24.1 Å². The van der Waals surface area contributed by atoms with Crippen LogP contribution < -0.4 is 25.6 Å². The number of nitrogens with zero attached hydrogens (tertiary/aromatic N) is 1. The number of rotatable bonds is 9. The monoisotopic (exact) mass is 510 g/mol. The van der Waals surface area contributed by atoms with Crippen molar-refractivity contribution >= 4 is 14.1 Å². The standard InChI is InChI=1S/C21H24N3O10P/c1-12(18(27)30-2)23-35(29)34-14-6-4-3-5-13(14)31-11-15-17(26)21(8-10-32-21)19(33-15)24-9-7-16(25)22-20(24)28/h3-7,9,12,15,17,19,26H,8,10-11H2,1-2H3,(H-,22,23,25,28,29)/p+1/t12-,15+,17+,19+,21-/m0/s1. The number of aromatic nitrogens is 2. The molecule has 0 saturated carbocycles. The second-order valence-electron chi connectivity index (χ2n) is 8.02. The van der Waals surface area contributed by atoms with Crippen molar-refractivity contribution in [1.29, 1.82) is 0 Å². The third-order valence-corrected chi connectivity index (χ3v) is 6.79. The molecule has 4 rings (SSSR count). The fourth-order valence-corrected chi connectivity index (χ4v) is 4.75. The first kappa shape index (κ1) is 25.0. The molecule has 3 N–H and O–H groups in total. The van der Waals surface area contributed by atoms with Crippen molar-refractivity contribution in [3.05, 3.63) is 57.4 Å². The van der Waals surface area contributed by atoms with E-state index in [2.05, 4.69) is 14.8 Å². The van der Waals surface area contributed by atoms with Gasteiger partial charge in [-0.15, -0.1) is 0 Å². The molecule has 0 aliphatic carbocycles. The summed E-state index contributed by atoms with van der Waals surface area (Å²) in [5.74, 6) is -0.252. The average molecular weight is 510 g/mol. The Morgan fingerprint density at radius 2 is 2.06 bits per heavy atom. The lowest BCUT2D eigenvalue weighted by molar-refractivity contribution is -0.227. The fourth-order valence-electron chi connectivity index (χ4n) is 3.95. The van der Waals surface area contributed by atoms with Gasteiger partial charge in [-0.2, -0.15) is 0 Å². The predicted octanol–water partition coefficient (Wildman–Crippen LogP) is 0.220. The highest BCUT2D eigenvalue weighted by Crippen LogP contribution is 2.48. The maximum atomic E-state index is 12.3. The number of esters is 1. The van der Waals surface area contributed by atoms with Gasteiger partial charge in [0.05, 0.1) is 13.7 Å². The summed E-state index contributed by atoms with van der Waals surface area (Å²) in [6, 6.07) is 6.74. The molecule has 2 fully saturated rings. The minimum absolute atomic E-state index is 0.133. The molecular formula is C21H25N3O10P+. The Hall–Kier alpha value is -3.09. The summed E-state index contributed by atoms with van der Waals surface area (Å²) in [7, 11) is -1.27. The van der Waals surface area contributed by atoms with Crippen LogP contribution in [0.4, 0.5) is 0 Å². The van der Waals surface area contributed by atoms with Gasteiger partial charge in [0.1, 0.15) is 30.5 Å². The number of hydrogen-bond acceptors (Lipinski definition) is 10. The van der Waals surface area contributed by atoms with Gasteiger partial charge in [0.2, 0.25) is 5.75 Å². The number of aliphatic hydroxyl groups is 1. The summed E-state index contributed by atoms with van der Waals surface area (Å²) in [5.41, 5.74) is -2.41. The molecule has 6 atom stereocenters. The topological polar surface area (TPSA) is 167 Å². The van der Waals surface area contributed by atoms with Gasteiger partial charge in [-0.3, -0.25) is 19.1 Å². The molecule has 14 heteroatoms. The van der Waals surface area contributed by atoms with E-state index in [0.717, 1.165) is 0 Å². The lowest BCUT2D eigenvalue weighted by Gasteiger charge is -2.44. The number of aromatic amines is 1. The van der Waals surface area contributed by atoms with Crippen LogP contribution in [0.1, 0.15) is 19.6 Å². The second kappa shape index (κ2) is 10.3. The van der Waals surface area contributed by atoms with Gasteiger partial charge in [-0.05, 0) is 19.1 Å². The first-order valence-electron chi connectivity index (χ1n) is 10.7. The Balaban J connectivity index is 1.45. The van der Waals surface area contributed by atoms with Crippen LogP contribution in [0.5, 0.6) is 11.5 Å². The number of H-pyrrole nitrogens is 1. The van der Waals surface area contributed by atoms with E-state index in [0.29, 0.717) is 13.0 Å². The second-order valence-corrected chi connectivity index (χ2v) is 8.98. The molecule has 3 heterocycles. The van der Waals surface area contributed by atoms with Gasteiger partial charge in [0, 0.05) is 23.2 Å². The van der Waals surface area contributed by atoms with Crippen LogP contribution in [-0.4, -0.2) is 64.8 Å². The molecule has 0 bridgehead atoms. The molecule has 0 amide bonds. The first-order chi connectivity index (χ1) is 16.7. The molecule has 188 valence electrons. The van der Waals surface area contributed by atoms with Crippen molar-refractivity contribution in [2.75, 3.05) is 20.3 Å². The largest absolute Gasteiger partial charge is 0.664 e. The fraction of sp³-hybridized carbons (Fsp3) is 0.476. The number of carbonyl (C=O) groups is 1. The Morgan fingerprint density at radius 1 is 1.34 bits per heavy atom. The van der Waals surface area contributed by atoms with Crippen molar-refractivity contribution < 1.29 is 37.9 Å². The van der Waals surface area contributed by atoms with Gasteiger partial charge in [-0.25, -0.2) is 9.32 Å². The molecule has 2 aliphatic heterocycles. The highest BCUT2D eigenvalue weighted by molar-refractivity contribution is 7.37. The molecule has 35 heavy (non-hydrogen) atoms. The van der Waals surface area contributed by atoms with Gasteiger partial charge in [0.15, 0.2) is 12.0 Å². The van der Waals surface area contributed by atoms with E-state index in [9.17, 15) is 24.1 Å². The Bertz CT molecular complexity index is 1210. The third kappa shape index (κ3) is 5.00. The SMILES string of the molecule is COC(=O)[C@H](C)N[P+](=O)Oc1ccccc1OC[C@H]1O[C@@H](n2ccc(=O)[nH]c2=O)[C@]2(CCO2)[C@@H]1O. The minimum Gasteiger partial charge on any atom is -0.487 e. The highest BCUT2D eigenvalue weighted by Gasteiger charge is 2.62. The molecule has 1 unspecified atom stereocenters. The summed E-state index contributed by atoms with van der Waals surface area (Å²) >= 11 is 0. The predicted molar refractivity (Wildman–Crippen MR) is 119 cm³/mol. The van der Waals surface area contributed by atoms with Gasteiger partial charge >= 0.3 is 19.8 Å². The number of ether oxygens (including phenoxy) is 4. The van der Waals surface area contributed by atoms with Crippen LogP contribution in [0.15, 0.2) is 46.1 Å². The van der Waals surface area contributed by atoms with E-state index in [1.165, 1.54) is 36.9 Å². The number of methoxy groups -OCH3 is 1. The zero-order valence-corrected chi connectivity index (χ0v) is 19.8. The number of carbonyl (C=O) groups excluding carboxylic acids is 1. The summed E-state index contributed by atoms with van der Waals surface area (Å²) in [6.45, 7) is 1.71. The molecule has 0 radical (unpaired) electrons. The molecule has 2 saturated heterocycles. The number of aliphatic hydroxyl groups excluding tert-OH is 1. The average Bonchev–Trinajstić information content (AvgIpc) is 3.10. The van der Waals surface area contributed by atoms with Crippen LogP contribution in [0, 0.1) is 0 Å². The zero-order chi connectivity index (χ0) is 25.2. The van der Waals surface area contributed by atoms with Crippen molar-refractivity contribution in [3.8, 4) is 11.5 Å². The lowest BCUT2D eigenvalue weighted by Crippen LogP contribution is -2.57.